The van der Waals surface area contributed by atoms with Crippen LogP contribution in [0.3, 0.4) is 0 Å². The second-order valence-electron chi connectivity index (χ2n) is 4.42. The van der Waals surface area contributed by atoms with Crippen molar-refractivity contribution in [3.63, 3.8) is 0 Å². The number of hydrogen-bond acceptors (Lipinski definition) is 5. The van der Waals surface area contributed by atoms with E-state index in [1.54, 1.807) is 19.5 Å². The zero-order valence-corrected chi connectivity index (χ0v) is 11.6. The van der Waals surface area contributed by atoms with Crippen LogP contribution in [0.4, 0.5) is 5.82 Å². The van der Waals surface area contributed by atoms with E-state index in [-0.39, 0.29) is 0 Å². The molecule has 0 unspecified atom stereocenters. The fourth-order valence-electron chi connectivity index (χ4n) is 2.29. The predicted molar refractivity (Wildman–Crippen MR) is 78.0 cm³/mol. The van der Waals surface area contributed by atoms with Gasteiger partial charge >= 0.3 is 0 Å². The third-order valence-corrected chi connectivity index (χ3v) is 3.28. The summed E-state index contributed by atoms with van der Waals surface area (Å²) in [6.07, 6.45) is 5.46. The fraction of sp³-hybridized carbons (Fsp3) is 0.143. The van der Waals surface area contributed by atoms with Crippen LogP contribution in [-0.4, -0.2) is 33.0 Å². The van der Waals surface area contributed by atoms with Crippen molar-refractivity contribution < 1.29 is 9.53 Å². The number of nitrogens with zero attached hydrogens (tertiary/aromatic N) is 4. The molecule has 7 nitrogen and oxygen atoms in total. The van der Waals surface area contributed by atoms with Crippen LogP contribution in [0.2, 0.25) is 0 Å². The number of fused-ring (bicyclic) bond motifs is 1. The molecular formula is C14H13N5O2. The molecule has 0 spiro atoms. The number of amides is 1. The summed E-state index contributed by atoms with van der Waals surface area (Å²) in [5, 5.41) is 3.50. The minimum atomic E-state index is 0.505. The van der Waals surface area contributed by atoms with Crippen LogP contribution in [0.25, 0.3) is 22.2 Å². The predicted octanol–water partition coefficient (Wildman–Crippen LogP) is 1.61. The first-order valence-corrected chi connectivity index (χ1v) is 6.24. The molecule has 0 bridgehead atoms. The molecule has 3 aromatic rings. The number of ether oxygens (including phenoxy) is 1. The molecule has 1 N–H and O–H groups in total. The van der Waals surface area contributed by atoms with E-state index in [0.29, 0.717) is 18.1 Å². The highest BCUT2D eigenvalue weighted by atomic mass is 16.5. The van der Waals surface area contributed by atoms with Gasteiger partial charge in [0.15, 0.2) is 0 Å². The first kappa shape index (κ1) is 13.0. The van der Waals surface area contributed by atoms with E-state index >= 15 is 0 Å². The van der Waals surface area contributed by atoms with Crippen molar-refractivity contribution in [3.05, 3.63) is 30.9 Å². The minimum absolute atomic E-state index is 0.505. The van der Waals surface area contributed by atoms with Gasteiger partial charge in [0.1, 0.15) is 12.1 Å². The molecule has 3 rings (SSSR count). The summed E-state index contributed by atoms with van der Waals surface area (Å²) in [7, 11) is 3.50. The van der Waals surface area contributed by atoms with Gasteiger partial charge < -0.3 is 14.6 Å². The Morgan fingerprint density at radius 2 is 2.14 bits per heavy atom. The molecular weight excluding hydrogens is 270 g/mol. The lowest BCUT2D eigenvalue weighted by atomic mass is 10.2. The number of carbonyl (C=O) groups is 1. The summed E-state index contributed by atoms with van der Waals surface area (Å²) in [6.45, 7) is 0. The summed E-state index contributed by atoms with van der Waals surface area (Å²) in [6, 6.07) is 3.79. The van der Waals surface area contributed by atoms with Gasteiger partial charge in [-0.25, -0.2) is 15.0 Å². The summed E-state index contributed by atoms with van der Waals surface area (Å²) >= 11 is 0. The third kappa shape index (κ3) is 2.18. The topological polar surface area (TPSA) is 81.9 Å². The van der Waals surface area contributed by atoms with Crippen LogP contribution in [-0.2, 0) is 11.8 Å². The lowest BCUT2D eigenvalue weighted by molar-refractivity contribution is -0.105. The molecule has 1 amide bonds. The molecule has 0 saturated heterocycles. The highest BCUT2D eigenvalue weighted by Crippen LogP contribution is 2.31. The number of pyridine rings is 1. The number of hydrogen-bond donors (Lipinski definition) is 1. The molecule has 0 atom stereocenters. The molecule has 21 heavy (non-hydrogen) atoms. The van der Waals surface area contributed by atoms with Crippen LogP contribution < -0.4 is 10.1 Å². The van der Waals surface area contributed by atoms with E-state index in [1.807, 2.05) is 23.7 Å². The molecule has 0 radical (unpaired) electrons. The van der Waals surface area contributed by atoms with Crippen molar-refractivity contribution in [1.29, 1.82) is 0 Å². The number of rotatable bonds is 4. The van der Waals surface area contributed by atoms with Gasteiger partial charge in [-0.3, -0.25) is 4.79 Å². The van der Waals surface area contributed by atoms with Gasteiger partial charge in [-0.15, -0.1) is 0 Å². The Kier molecular flexibility index (Phi) is 3.23. The lowest BCUT2D eigenvalue weighted by Gasteiger charge is -2.07. The van der Waals surface area contributed by atoms with E-state index in [1.165, 1.54) is 6.33 Å². The van der Waals surface area contributed by atoms with Crippen LogP contribution in [0.1, 0.15) is 0 Å². The molecule has 0 aliphatic rings. The molecule has 0 aromatic carbocycles. The molecule has 3 heterocycles. The first-order valence-electron chi connectivity index (χ1n) is 6.24. The Morgan fingerprint density at radius 3 is 2.90 bits per heavy atom. The van der Waals surface area contributed by atoms with Crippen LogP contribution in [0, 0.1) is 0 Å². The van der Waals surface area contributed by atoms with Gasteiger partial charge in [-0.1, -0.05) is 0 Å². The summed E-state index contributed by atoms with van der Waals surface area (Å²) in [5.74, 6) is 1.01. The molecule has 0 aliphatic carbocycles. The number of anilines is 1. The zero-order valence-electron chi connectivity index (χ0n) is 11.6. The van der Waals surface area contributed by atoms with Gasteiger partial charge in [0, 0.05) is 18.6 Å². The largest absolute Gasteiger partial charge is 0.480 e. The Hall–Kier alpha value is -2.96. The van der Waals surface area contributed by atoms with Crippen molar-refractivity contribution in [2.24, 2.45) is 7.05 Å². The summed E-state index contributed by atoms with van der Waals surface area (Å²) in [5.41, 5.74) is 2.64. The number of nitrogens with one attached hydrogen (secondary N) is 1. The molecule has 7 heteroatoms. The monoisotopic (exact) mass is 283 g/mol. The van der Waals surface area contributed by atoms with E-state index in [2.05, 4.69) is 20.3 Å². The number of methoxy groups -OCH3 is 1. The highest BCUT2D eigenvalue weighted by Gasteiger charge is 2.14. The standard InChI is InChI=1S/C14H13N5O2/c1-19-11(10-5-15-7-17-14(10)21-2)3-9-4-13(18-8-20)16-6-12(9)19/h3-8H,1-2H3,(H,16,18,20). The molecule has 0 fully saturated rings. The van der Waals surface area contributed by atoms with E-state index in [9.17, 15) is 4.79 Å². The average Bonchev–Trinajstić information content (AvgIpc) is 2.84. The first-order chi connectivity index (χ1) is 10.2. The van der Waals surface area contributed by atoms with Gasteiger partial charge in [0.25, 0.3) is 0 Å². The number of aryl methyl sites for hydroxylation is 1. The van der Waals surface area contributed by atoms with Gasteiger partial charge in [-0.05, 0) is 12.1 Å². The summed E-state index contributed by atoms with van der Waals surface area (Å²) < 4.78 is 7.25. The van der Waals surface area contributed by atoms with Crippen LogP contribution in [0.15, 0.2) is 30.9 Å². The highest BCUT2D eigenvalue weighted by molar-refractivity contribution is 5.89. The smallest absolute Gasteiger partial charge is 0.225 e. The number of carbonyl (C=O) groups excluding carboxylic acids is 1. The van der Waals surface area contributed by atoms with Crippen molar-refractivity contribution in [1.82, 2.24) is 19.5 Å². The SMILES string of the molecule is COc1ncncc1-c1cc2cc(NC=O)ncc2n1C. The maximum atomic E-state index is 10.5. The second-order valence-corrected chi connectivity index (χ2v) is 4.42. The van der Waals surface area contributed by atoms with Crippen LogP contribution in [0.5, 0.6) is 5.88 Å². The van der Waals surface area contributed by atoms with Crippen molar-refractivity contribution >= 4 is 23.1 Å². The van der Waals surface area contributed by atoms with Gasteiger partial charge in [0.2, 0.25) is 12.3 Å². The minimum Gasteiger partial charge on any atom is -0.480 e. The Morgan fingerprint density at radius 1 is 1.29 bits per heavy atom. The Bertz CT molecular complexity index is 812. The maximum Gasteiger partial charge on any atom is 0.225 e. The molecule has 3 aromatic heterocycles. The normalized spacial score (nSPS) is 10.6. The molecule has 0 aliphatic heterocycles. The summed E-state index contributed by atoms with van der Waals surface area (Å²) in [4.78, 5) is 22.8. The quantitative estimate of drug-likeness (QED) is 0.735. The van der Waals surface area contributed by atoms with Crippen LogP contribution >= 0.6 is 0 Å². The van der Waals surface area contributed by atoms with Crippen molar-refractivity contribution in [2.75, 3.05) is 12.4 Å². The molecule has 106 valence electrons. The van der Waals surface area contributed by atoms with Crippen molar-refractivity contribution in [3.8, 4) is 17.1 Å². The van der Waals surface area contributed by atoms with E-state index in [0.717, 1.165) is 22.2 Å². The third-order valence-electron chi connectivity index (χ3n) is 3.28. The Labute approximate surface area is 120 Å². The van der Waals surface area contributed by atoms with Gasteiger partial charge in [-0.2, -0.15) is 0 Å². The zero-order chi connectivity index (χ0) is 14.8. The van der Waals surface area contributed by atoms with Crippen molar-refractivity contribution in [2.45, 2.75) is 0 Å². The van der Waals surface area contributed by atoms with E-state index in [4.69, 9.17) is 4.74 Å². The fourth-order valence-corrected chi connectivity index (χ4v) is 2.29. The van der Waals surface area contributed by atoms with E-state index < -0.39 is 0 Å². The second kappa shape index (κ2) is 5.20. The average molecular weight is 283 g/mol. The van der Waals surface area contributed by atoms with Gasteiger partial charge in [0.05, 0.1) is 30.1 Å². The number of aromatic nitrogens is 4. The Balaban J connectivity index is 2.19. The lowest BCUT2D eigenvalue weighted by Crippen LogP contribution is -1.98. The maximum absolute atomic E-state index is 10.5. The molecule has 0 saturated carbocycles.